The number of halogens is 1. The van der Waals surface area contributed by atoms with Gasteiger partial charge in [0.05, 0.1) is 28.4 Å². The van der Waals surface area contributed by atoms with Crippen molar-refractivity contribution >= 4 is 28.0 Å². The van der Waals surface area contributed by atoms with Gasteiger partial charge in [-0.25, -0.2) is 14.4 Å². The molecule has 1 aliphatic rings. The van der Waals surface area contributed by atoms with E-state index in [4.69, 9.17) is 4.98 Å². The largest absolute Gasteiger partial charge is 0.340 e. The number of rotatable bonds is 4. The number of nitrogens with zero attached hydrogens (tertiary/aromatic N) is 6. The SMILES string of the molecule is Cn1c(N2CCN(CCn3cnc4cc(F)ccc43)CC2)nc2ccccc21. The summed E-state index contributed by atoms with van der Waals surface area (Å²) in [5.41, 5.74) is 3.92. The Kier molecular flexibility index (Phi) is 4.24. The molecule has 3 heterocycles. The van der Waals surface area contributed by atoms with Gasteiger partial charge in [-0.15, -0.1) is 0 Å². The van der Waals surface area contributed by atoms with E-state index in [0.29, 0.717) is 5.52 Å². The predicted octanol–water partition coefficient (Wildman–Crippen LogP) is 2.88. The number of aromatic nitrogens is 4. The van der Waals surface area contributed by atoms with Crippen molar-refractivity contribution in [3.63, 3.8) is 0 Å². The summed E-state index contributed by atoms with van der Waals surface area (Å²) in [5, 5.41) is 0. The summed E-state index contributed by atoms with van der Waals surface area (Å²) in [6, 6.07) is 13.1. The van der Waals surface area contributed by atoms with E-state index in [2.05, 4.69) is 49.2 Å². The molecule has 0 bridgehead atoms. The maximum absolute atomic E-state index is 13.3. The zero-order valence-corrected chi connectivity index (χ0v) is 15.9. The second-order valence-corrected chi connectivity index (χ2v) is 7.36. The molecule has 144 valence electrons. The van der Waals surface area contributed by atoms with Crippen LogP contribution in [0.3, 0.4) is 0 Å². The van der Waals surface area contributed by atoms with E-state index >= 15 is 0 Å². The fraction of sp³-hybridized carbons (Fsp3) is 0.333. The van der Waals surface area contributed by atoms with Crippen molar-refractivity contribution in [1.82, 2.24) is 24.0 Å². The maximum atomic E-state index is 13.3. The molecule has 1 fully saturated rings. The molecule has 1 aliphatic heterocycles. The number of hydrogen-bond acceptors (Lipinski definition) is 4. The first-order chi connectivity index (χ1) is 13.7. The second-order valence-electron chi connectivity index (χ2n) is 7.36. The first kappa shape index (κ1) is 17.2. The third kappa shape index (κ3) is 3.01. The van der Waals surface area contributed by atoms with Crippen LogP contribution in [0.2, 0.25) is 0 Å². The van der Waals surface area contributed by atoms with Gasteiger partial charge < -0.3 is 14.0 Å². The van der Waals surface area contributed by atoms with Crippen LogP contribution in [0.25, 0.3) is 22.1 Å². The smallest absolute Gasteiger partial charge is 0.206 e. The number of anilines is 1. The normalized spacial score (nSPS) is 15.7. The van der Waals surface area contributed by atoms with Crippen LogP contribution in [-0.2, 0) is 13.6 Å². The number of imidazole rings is 2. The number of aryl methyl sites for hydroxylation is 1. The minimum absolute atomic E-state index is 0.240. The Morgan fingerprint density at radius 2 is 1.75 bits per heavy atom. The number of fused-ring (bicyclic) bond motifs is 2. The average Bonchev–Trinajstić information content (AvgIpc) is 3.28. The molecule has 0 aliphatic carbocycles. The Morgan fingerprint density at radius 1 is 0.929 bits per heavy atom. The molecule has 0 saturated carbocycles. The molecule has 0 unspecified atom stereocenters. The van der Waals surface area contributed by atoms with E-state index in [1.54, 1.807) is 12.4 Å². The van der Waals surface area contributed by atoms with Gasteiger partial charge in [0, 0.05) is 52.4 Å². The Balaban J connectivity index is 1.22. The van der Waals surface area contributed by atoms with Crippen LogP contribution in [0, 0.1) is 5.82 Å². The van der Waals surface area contributed by atoms with Crippen molar-refractivity contribution in [2.24, 2.45) is 7.05 Å². The van der Waals surface area contributed by atoms with Crippen LogP contribution in [-0.4, -0.2) is 56.7 Å². The van der Waals surface area contributed by atoms with E-state index in [-0.39, 0.29) is 5.82 Å². The van der Waals surface area contributed by atoms with Gasteiger partial charge in [-0.2, -0.15) is 0 Å². The van der Waals surface area contributed by atoms with Crippen LogP contribution in [0.5, 0.6) is 0 Å². The molecule has 7 heteroatoms. The van der Waals surface area contributed by atoms with Crippen molar-refractivity contribution in [1.29, 1.82) is 0 Å². The lowest BCUT2D eigenvalue weighted by molar-refractivity contribution is 0.247. The first-order valence-corrected chi connectivity index (χ1v) is 9.68. The van der Waals surface area contributed by atoms with Crippen LogP contribution >= 0.6 is 0 Å². The van der Waals surface area contributed by atoms with Crippen LogP contribution in [0.15, 0.2) is 48.8 Å². The average molecular weight is 378 g/mol. The van der Waals surface area contributed by atoms with E-state index in [9.17, 15) is 4.39 Å². The van der Waals surface area contributed by atoms with Crippen LogP contribution < -0.4 is 4.90 Å². The number of piperazine rings is 1. The lowest BCUT2D eigenvalue weighted by Gasteiger charge is -2.35. The molecule has 0 spiro atoms. The Labute approximate surface area is 162 Å². The van der Waals surface area contributed by atoms with Crippen molar-refractivity contribution in [3.8, 4) is 0 Å². The molecule has 0 amide bonds. The minimum atomic E-state index is -0.240. The van der Waals surface area contributed by atoms with Crippen molar-refractivity contribution in [2.45, 2.75) is 6.54 Å². The summed E-state index contributed by atoms with van der Waals surface area (Å²) in [4.78, 5) is 14.0. The van der Waals surface area contributed by atoms with Gasteiger partial charge in [0.1, 0.15) is 5.82 Å². The van der Waals surface area contributed by atoms with Gasteiger partial charge in [-0.1, -0.05) is 12.1 Å². The molecule has 2 aromatic heterocycles. The number of hydrogen-bond donors (Lipinski definition) is 0. The van der Waals surface area contributed by atoms with Crippen molar-refractivity contribution in [2.75, 3.05) is 37.6 Å². The maximum Gasteiger partial charge on any atom is 0.206 e. The molecule has 28 heavy (non-hydrogen) atoms. The Bertz CT molecular complexity index is 1120. The quantitative estimate of drug-likeness (QED) is 0.548. The Hall–Kier alpha value is -2.93. The number of benzene rings is 2. The predicted molar refractivity (Wildman–Crippen MR) is 109 cm³/mol. The lowest BCUT2D eigenvalue weighted by Crippen LogP contribution is -2.48. The third-order valence-corrected chi connectivity index (χ3v) is 5.66. The zero-order chi connectivity index (χ0) is 19.1. The van der Waals surface area contributed by atoms with Crippen LogP contribution in [0.1, 0.15) is 0 Å². The van der Waals surface area contributed by atoms with Gasteiger partial charge in [0.15, 0.2) is 0 Å². The van der Waals surface area contributed by atoms with Crippen molar-refractivity contribution in [3.05, 3.63) is 54.6 Å². The fourth-order valence-corrected chi connectivity index (χ4v) is 4.05. The summed E-state index contributed by atoms with van der Waals surface area (Å²) in [7, 11) is 2.09. The molecule has 0 N–H and O–H groups in total. The number of para-hydroxylation sites is 2. The van der Waals surface area contributed by atoms with Crippen LogP contribution in [0.4, 0.5) is 10.3 Å². The molecule has 2 aromatic carbocycles. The zero-order valence-electron chi connectivity index (χ0n) is 15.9. The molecule has 1 saturated heterocycles. The van der Waals surface area contributed by atoms with Gasteiger partial charge in [-0.3, -0.25) is 4.90 Å². The molecular formula is C21H23FN6. The van der Waals surface area contributed by atoms with Gasteiger partial charge in [-0.05, 0) is 24.3 Å². The van der Waals surface area contributed by atoms with E-state index in [0.717, 1.165) is 56.3 Å². The highest BCUT2D eigenvalue weighted by molar-refractivity contribution is 5.78. The van der Waals surface area contributed by atoms with Crippen molar-refractivity contribution < 1.29 is 4.39 Å². The Morgan fingerprint density at radius 3 is 2.57 bits per heavy atom. The summed E-state index contributed by atoms with van der Waals surface area (Å²) < 4.78 is 17.6. The molecule has 6 nitrogen and oxygen atoms in total. The second kappa shape index (κ2) is 6.91. The molecular weight excluding hydrogens is 355 g/mol. The highest BCUT2D eigenvalue weighted by atomic mass is 19.1. The monoisotopic (exact) mass is 378 g/mol. The van der Waals surface area contributed by atoms with E-state index in [1.165, 1.54) is 17.6 Å². The summed E-state index contributed by atoms with van der Waals surface area (Å²) in [6.07, 6.45) is 1.81. The molecule has 5 rings (SSSR count). The fourth-order valence-electron chi connectivity index (χ4n) is 4.05. The topological polar surface area (TPSA) is 42.1 Å². The summed E-state index contributed by atoms with van der Waals surface area (Å²) in [5.74, 6) is 0.805. The van der Waals surface area contributed by atoms with E-state index < -0.39 is 0 Å². The molecule has 4 aromatic rings. The third-order valence-electron chi connectivity index (χ3n) is 5.66. The highest BCUT2D eigenvalue weighted by Gasteiger charge is 2.21. The molecule has 0 atom stereocenters. The first-order valence-electron chi connectivity index (χ1n) is 9.68. The van der Waals surface area contributed by atoms with Gasteiger partial charge >= 0.3 is 0 Å². The van der Waals surface area contributed by atoms with E-state index in [1.807, 2.05) is 6.07 Å². The summed E-state index contributed by atoms with van der Waals surface area (Å²) >= 11 is 0. The highest BCUT2D eigenvalue weighted by Crippen LogP contribution is 2.22. The standard InChI is InChI=1S/C21H23FN6/c1-25-19-5-3-2-4-17(19)24-21(25)27-11-8-26(9-12-27)10-13-28-15-23-18-14-16(22)6-7-20(18)28/h2-7,14-15H,8-13H2,1H3. The summed E-state index contributed by atoms with van der Waals surface area (Å²) in [6.45, 7) is 5.75. The van der Waals surface area contributed by atoms with Gasteiger partial charge in [0.25, 0.3) is 0 Å². The lowest BCUT2D eigenvalue weighted by atomic mass is 10.3. The van der Waals surface area contributed by atoms with Gasteiger partial charge in [0.2, 0.25) is 5.95 Å². The minimum Gasteiger partial charge on any atom is -0.340 e. The molecule has 0 radical (unpaired) electrons.